The van der Waals surface area contributed by atoms with Gasteiger partial charge in [-0.2, -0.15) is 0 Å². The minimum absolute atomic E-state index is 0.130. The SMILES string of the molecule is CCNc1ccc([N+](=O)[O-])c(N2CC(O)C(O)C2)n1. The lowest BCUT2D eigenvalue weighted by Gasteiger charge is -2.17. The number of aromatic nitrogens is 1. The molecule has 104 valence electrons. The fourth-order valence-electron chi connectivity index (χ4n) is 2.04. The molecule has 8 nitrogen and oxygen atoms in total. The number of nitrogens with zero attached hydrogens (tertiary/aromatic N) is 3. The molecule has 3 N–H and O–H groups in total. The molecule has 0 aliphatic carbocycles. The third kappa shape index (κ3) is 2.74. The molecular weight excluding hydrogens is 252 g/mol. The van der Waals surface area contributed by atoms with Crippen molar-refractivity contribution in [1.29, 1.82) is 0 Å². The van der Waals surface area contributed by atoms with E-state index in [4.69, 9.17) is 0 Å². The highest BCUT2D eigenvalue weighted by Gasteiger charge is 2.34. The highest BCUT2D eigenvalue weighted by molar-refractivity contribution is 5.62. The Balaban J connectivity index is 2.35. The molecule has 2 atom stereocenters. The quantitative estimate of drug-likeness (QED) is 0.519. The van der Waals surface area contributed by atoms with Gasteiger partial charge in [-0.25, -0.2) is 4.98 Å². The number of β-amino-alcohol motifs (C(OH)–C–C–N with tert-alkyl or cyclic N) is 2. The number of rotatable bonds is 4. The molecule has 19 heavy (non-hydrogen) atoms. The van der Waals surface area contributed by atoms with Crippen molar-refractivity contribution in [2.24, 2.45) is 0 Å². The van der Waals surface area contributed by atoms with E-state index in [0.717, 1.165) is 0 Å². The van der Waals surface area contributed by atoms with Crippen LogP contribution in [0.15, 0.2) is 12.1 Å². The van der Waals surface area contributed by atoms with E-state index in [2.05, 4.69) is 10.3 Å². The topological polar surface area (TPSA) is 112 Å². The van der Waals surface area contributed by atoms with Crippen molar-refractivity contribution in [2.75, 3.05) is 29.9 Å². The van der Waals surface area contributed by atoms with Crippen molar-refractivity contribution >= 4 is 17.3 Å². The molecule has 1 saturated heterocycles. The lowest BCUT2D eigenvalue weighted by atomic mass is 10.3. The molecule has 0 amide bonds. The van der Waals surface area contributed by atoms with Crippen LogP contribution in [-0.2, 0) is 0 Å². The monoisotopic (exact) mass is 268 g/mol. The molecule has 0 saturated carbocycles. The second kappa shape index (κ2) is 5.37. The zero-order valence-corrected chi connectivity index (χ0v) is 10.5. The van der Waals surface area contributed by atoms with Crippen molar-refractivity contribution in [1.82, 2.24) is 4.98 Å². The van der Waals surface area contributed by atoms with Crippen LogP contribution < -0.4 is 10.2 Å². The average molecular weight is 268 g/mol. The summed E-state index contributed by atoms with van der Waals surface area (Å²) in [5.74, 6) is 0.693. The zero-order valence-electron chi connectivity index (χ0n) is 10.5. The number of nitro groups is 1. The van der Waals surface area contributed by atoms with E-state index in [1.165, 1.54) is 17.0 Å². The number of nitrogens with one attached hydrogen (secondary N) is 1. The Bertz CT molecular complexity index is 472. The van der Waals surface area contributed by atoms with Crippen molar-refractivity contribution in [3.8, 4) is 0 Å². The summed E-state index contributed by atoms with van der Waals surface area (Å²) in [7, 11) is 0. The van der Waals surface area contributed by atoms with Crippen LogP contribution in [0.1, 0.15) is 6.92 Å². The molecule has 0 bridgehead atoms. The van der Waals surface area contributed by atoms with E-state index in [1.807, 2.05) is 6.92 Å². The van der Waals surface area contributed by atoms with E-state index in [0.29, 0.717) is 12.4 Å². The summed E-state index contributed by atoms with van der Waals surface area (Å²) in [4.78, 5) is 16.2. The van der Waals surface area contributed by atoms with Gasteiger partial charge in [0.2, 0.25) is 5.82 Å². The van der Waals surface area contributed by atoms with Gasteiger partial charge in [0.1, 0.15) is 5.82 Å². The first-order valence-electron chi connectivity index (χ1n) is 6.03. The normalized spacial score (nSPS) is 22.6. The highest BCUT2D eigenvalue weighted by atomic mass is 16.6. The number of pyridine rings is 1. The van der Waals surface area contributed by atoms with Crippen molar-refractivity contribution in [3.05, 3.63) is 22.2 Å². The molecule has 0 radical (unpaired) electrons. The minimum Gasteiger partial charge on any atom is -0.389 e. The molecule has 8 heteroatoms. The summed E-state index contributed by atoms with van der Waals surface area (Å²) in [5.41, 5.74) is -0.136. The molecule has 0 aromatic carbocycles. The van der Waals surface area contributed by atoms with Crippen LogP contribution in [0.5, 0.6) is 0 Å². The molecule has 2 heterocycles. The number of hydrogen-bond donors (Lipinski definition) is 3. The predicted octanol–water partition coefficient (Wildman–Crippen LogP) is -0.0366. The Morgan fingerprint density at radius 3 is 2.63 bits per heavy atom. The zero-order chi connectivity index (χ0) is 14.0. The summed E-state index contributed by atoms with van der Waals surface area (Å²) in [6.45, 7) is 2.80. The maximum atomic E-state index is 11.0. The Hall–Kier alpha value is -1.93. The van der Waals surface area contributed by atoms with Gasteiger partial charge in [-0.1, -0.05) is 0 Å². The van der Waals surface area contributed by atoms with E-state index in [9.17, 15) is 20.3 Å². The van der Waals surface area contributed by atoms with Crippen LogP contribution in [0.2, 0.25) is 0 Å². The van der Waals surface area contributed by atoms with Crippen LogP contribution >= 0.6 is 0 Å². The Morgan fingerprint density at radius 1 is 1.47 bits per heavy atom. The first-order chi connectivity index (χ1) is 9.02. The van der Waals surface area contributed by atoms with Crippen LogP contribution in [0.25, 0.3) is 0 Å². The van der Waals surface area contributed by atoms with Gasteiger partial charge in [-0.05, 0) is 13.0 Å². The summed E-state index contributed by atoms with van der Waals surface area (Å²) < 4.78 is 0. The van der Waals surface area contributed by atoms with Gasteiger partial charge in [0.25, 0.3) is 0 Å². The fourth-order valence-corrected chi connectivity index (χ4v) is 2.04. The van der Waals surface area contributed by atoms with Crippen LogP contribution in [0.3, 0.4) is 0 Å². The highest BCUT2D eigenvalue weighted by Crippen LogP contribution is 2.30. The fraction of sp³-hybridized carbons (Fsp3) is 0.545. The minimum atomic E-state index is -0.913. The lowest BCUT2D eigenvalue weighted by Crippen LogP contribution is -2.23. The van der Waals surface area contributed by atoms with Crippen molar-refractivity contribution in [2.45, 2.75) is 19.1 Å². The van der Waals surface area contributed by atoms with Gasteiger partial charge < -0.3 is 20.4 Å². The molecule has 0 spiro atoms. The van der Waals surface area contributed by atoms with Crippen LogP contribution in [0.4, 0.5) is 17.3 Å². The van der Waals surface area contributed by atoms with Gasteiger partial charge in [-0.15, -0.1) is 0 Å². The van der Waals surface area contributed by atoms with Crippen LogP contribution in [-0.4, -0.2) is 52.0 Å². The number of aliphatic hydroxyl groups is 2. The molecule has 1 fully saturated rings. The third-order valence-corrected chi connectivity index (χ3v) is 2.97. The Morgan fingerprint density at radius 2 is 2.11 bits per heavy atom. The van der Waals surface area contributed by atoms with Crippen LogP contribution in [0, 0.1) is 10.1 Å². The van der Waals surface area contributed by atoms with Gasteiger partial charge in [0, 0.05) is 25.7 Å². The Kier molecular flexibility index (Phi) is 3.82. The predicted molar refractivity (Wildman–Crippen MR) is 69.3 cm³/mol. The van der Waals surface area contributed by atoms with Gasteiger partial charge in [-0.3, -0.25) is 10.1 Å². The third-order valence-electron chi connectivity index (χ3n) is 2.97. The van der Waals surface area contributed by atoms with E-state index < -0.39 is 17.1 Å². The smallest absolute Gasteiger partial charge is 0.311 e. The number of hydrogen-bond acceptors (Lipinski definition) is 7. The number of anilines is 2. The van der Waals surface area contributed by atoms with E-state index in [1.54, 1.807) is 0 Å². The molecule has 1 aliphatic heterocycles. The molecule has 1 aromatic rings. The maximum Gasteiger partial charge on any atom is 0.311 e. The molecule has 1 aromatic heterocycles. The summed E-state index contributed by atoms with van der Waals surface area (Å²) >= 11 is 0. The first kappa shape index (κ1) is 13.5. The first-order valence-corrected chi connectivity index (χ1v) is 6.03. The summed E-state index contributed by atoms with van der Waals surface area (Å²) in [6, 6.07) is 2.91. The largest absolute Gasteiger partial charge is 0.389 e. The second-order valence-electron chi connectivity index (χ2n) is 4.37. The molecular formula is C11H16N4O4. The average Bonchev–Trinajstić information content (AvgIpc) is 2.69. The maximum absolute atomic E-state index is 11.0. The Labute approximate surface area is 109 Å². The van der Waals surface area contributed by atoms with Gasteiger partial charge >= 0.3 is 5.69 Å². The summed E-state index contributed by atoms with van der Waals surface area (Å²) in [6.07, 6.45) is -1.83. The van der Waals surface area contributed by atoms with Gasteiger partial charge in [0.05, 0.1) is 17.1 Å². The van der Waals surface area contributed by atoms with Gasteiger partial charge in [0.15, 0.2) is 0 Å². The molecule has 1 aliphatic rings. The van der Waals surface area contributed by atoms with E-state index in [-0.39, 0.29) is 24.6 Å². The second-order valence-corrected chi connectivity index (χ2v) is 4.37. The molecule has 2 rings (SSSR count). The van der Waals surface area contributed by atoms with Crippen molar-refractivity contribution in [3.63, 3.8) is 0 Å². The van der Waals surface area contributed by atoms with E-state index >= 15 is 0 Å². The number of aliphatic hydroxyl groups excluding tert-OH is 2. The standard InChI is InChI=1S/C11H16N4O4/c1-2-12-10-4-3-7(15(18)19)11(13-10)14-5-8(16)9(17)6-14/h3-4,8-9,16-17H,2,5-6H2,1H3,(H,12,13). The summed E-state index contributed by atoms with van der Waals surface area (Å²) in [5, 5.41) is 33.0. The van der Waals surface area contributed by atoms with Crippen molar-refractivity contribution < 1.29 is 15.1 Å². The molecule has 2 unspecified atom stereocenters. The lowest BCUT2D eigenvalue weighted by molar-refractivity contribution is -0.384.